The summed E-state index contributed by atoms with van der Waals surface area (Å²) in [6.07, 6.45) is 0.978. The van der Waals surface area contributed by atoms with Crippen LogP contribution in [0.5, 0.6) is 0 Å². The van der Waals surface area contributed by atoms with Gasteiger partial charge in [-0.2, -0.15) is 0 Å². The van der Waals surface area contributed by atoms with Crippen LogP contribution in [0.1, 0.15) is 43.4 Å². The van der Waals surface area contributed by atoms with Gasteiger partial charge in [-0.1, -0.05) is 75.4 Å². The summed E-state index contributed by atoms with van der Waals surface area (Å²) in [5, 5.41) is 0. The summed E-state index contributed by atoms with van der Waals surface area (Å²) in [5.41, 5.74) is 10.1. The first-order valence-corrected chi connectivity index (χ1v) is 7.39. The van der Waals surface area contributed by atoms with Crippen LogP contribution in [0.15, 0.2) is 54.6 Å². The Morgan fingerprint density at radius 1 is 0.950 bits per heavy atom. The van der Waals surface area contributed by atoms with Crippen LogP contribution in [0.25, 0.3) is 0 Å². The molecule has 0 aliphatic carbocycles. The van der Waals surface area contributed by atoms with Crippen molar-refractivity contribution in [2.75, 3.05) is 6.54 Å². The van der Waals surface area contributed by atoms with Crippen LogP contribution in [0.4, 0.5) is 0 Å². The second kappa shape index (κ2) is 6.23. The zero-order chi connectivity index (χ0) is 14.6. The lowest BCUT2D eigenvalue weighted by molar-refractivity contribution is 0.481. The topological polar surface area (TPSA) is 26.0 Å². The standard InChI is InChI=1S/C19H25N/c1-15(2)17-9-11-18(12-10-17)19(3,14-20)13-16-7-5-4-6-8-16/h4-12,15H,13-14,20H2,1-3H3. The highest BCUT2D eigenvalue weighted by Gasteiger charge is 2.25. The Morgan fingerprint density at radius 3 is 2.05 bits per heavy atom. The molecule has 0 aliphatic rings. The van der Waals surface area contributed by atoms with Crippen molar-refractivity contribution in [3.8, 4) is 0 Å². The highest BCUT2D eigenvalue weighted by molar-refractivity contribution is 5.33. The lowest BCUT2D eigenvalue weighted by atomic mass is 9.77. The zero-order valence-electron chi connectivity index (χ0n) is 12.8. The molecule has 106 valence electrons. The Balaban J connectivity index is 2.26. The van der Waals surface area contributed by atoms with E-state index in [1.165, 1.54) is 16.7 Å². The van der Waals surface area contributed by atoms with E-state index in [1.807, 2.05) is 0 Å². The van der Waals surface area contributed by atoms with Crippen LogP contribution in [0.3, 0.4) is 0 Å². The van der Waals surface area contributed by atoms with Crippen molar-refractivity contribution in [2.45, 2.75) is 38.5 Å². The van der Waals surface area contributed by atoms with Gasteiger partial charge in [0.1, 0.15) is 0 Å². The summed E-state index contributed by atoms with van der Waals surface area (Å²) >= 11 is 0. The van der Waals surface area contributed by atoms with Crippen molar-refractivity contribution in [2.24, 2.45) is 5.73 Å². The third-order valence-electron chi connectivity index (χ3n) is 4.16. The molecule has 2 rings (SSSR count). The lowest BCUT2D eigenvalue weighted by Crippen LogP contribution is -2.34. The van der Waals surface area contributed by atoms with E-state index in [2.05, 4.69) is 75.4 Å². The van der Waals surface area contributed by atoms with Crippen LogP contribution < -0.4 is 5.73 Å². The predicted molar refractivity (Wildman–Crippen MR) is 87.1 cm³/mol. The summed E-state index contributed by atoms with van der Waals surface area (Å²) in [6, 6.07) is 19.5. The van der Waals surface area contributed by atoms with E-state index >= 15 is 0 Å². The SMILES string of the molecule is CC(C)c1ccc(C(C)(CN)Cc2ccccc2)cc1. The van der Waals surface area contributed by atoms with E-state index in [9.17, 15) is 0 Å². The number of hydrogen-bond donors (Lipinski definition) is 1. The fraction of sp³-hybridized carbons (Fsp3) is 0.368. The molecule has 0 saturated heterocycles. The fourth-order valence-corrected chi connectivity index (χ4v) is 2.61. The minimum atomic E-state index is -0.00311. The molecule has 0 spiro atoms. The molecule has 1 heteroatoms. The maximum atomic E-state index is 6.08. The van der Waals surface area contributed by atoms with E-state index in [1.54, 1.807) is 0 Å². The Hall–Kier alpha value is -1.60. The molecule has 2 N–H and O–H groups in total. The van der Waals surface area contributed by atoms with Crippen LogP contribution >= 0.6 is 0 Å². The third kappa shape index (κ3) is 3.29. The van der Waals surface area contributed by atoms with Gasteiger partial charge in [0, 0.05) is 12.0 Å². The molecule has 0 aliphatic heterocycles. The first kappa shape index (κ1) is 14.8. The molecule has 0 radical (unpaired) electrons. The lowest BCUT2D eigenvalue weighted by Gasteiger charge is -2.29. The van der Waals surface area contributed by atoms with Gasteiger partial charge in [-0.25, -0.2) is 0 Å². The molecule has 1 unspecified atom stereocenters. The van der Waals surface area contributed by atoms with Gasteiger partial charge in [0.05, 0.1) is 0 Å². The summed E-state index contributed by atoms with van der Waals surface area (Å²) in [5.74, 6) is 0.572. The van der Waals surface area contributed by atoms with Gasteiger partial charge >= 0.3 is 0 Å². The molecule has 0 aromatic heterocycles. The number of rotatable bonds is 5. The highest BCUT2D eigenvalue weighted by Crippen LogP contribution is 2.28. The molecule has 0 bridgehead atoms. The summed E-state index contributed by atoms with van der Waals surface area (Å²) < 4.78 is 0. The van der Waals surface area contributed by atoms with Crippen molar-refractivity contribution in [1.29, 1.82) is 0 Å². The monoisotopic (exact) mass is 267 g/mol. The van der Waals surface area contributed by atoms with E-state index < -0.39 is 0 Å². The molecule has 1 atom stereocenters. The number of benzene rings is 2. The van der Waals surface area contributed by atoms with E-state index in [0.717, 1.165) is 6.42 Å². The van der Waals surface area contributed by atoms with Gasteiger partial charge < -0.3 is 5.73 Å². The van der Waals surface area contributed by atoms with Crippen molar-refractivity contribution < 1.29 is 0 Å². The minimum Gasteiger partial charge on any atom is -0.330 e. The first-order valence-electron chi connectivity index (χ1n) is 7.39. The Morgan fingerprint density at radius 2 is 1.55 bits per heavy atom. The molecular formula is C19H25N. The Bertz CT molecular complexity index is 527. The second-order valence-corrected chi connectivity index (χ2v) is 6.20. The van der Waals surface area contributed by atoms with E-state index in [4.69, 9.17) is 5.73 Å². The fourth-order valence-electron chi connectivity index (χ4n) is 2.61. The average Bonchev–Trinajstić information content (AvgIpc) is 2.48. The minimum absolute atomic E-state index is 0.00311. The molecule has 1 nitrogen and oxygen atoms in total. The molecular weight excluding hydrogens is 242 g/mol. The molecule has 0 fully saturated rings. The Kier molecular flexibility index (Phi) is 4.61. The number of hydrogen-bond acceptors (Lipinski definition) is 1. The quantitative estimate of drug-likeness (QED) is 0.860. The van der Waals surface area contributed by atoms with E-state index in [0.29, 0.717) is 12.5 Å². The van der Waals surface area contributed by atoms with Crippen LogP contribution in [-0.2, 0) is 11.8 Å². The maximum absolute atomic E-state index is 6.08. The Labute approximate surface area is 122 Å². The van der Waals surface area contributed by atoms with Gasteiger partial charge in [-0.3, -0.25) is 0 Å². The molecule has 0 amide bonds. The molecule has 20 heavy (non-hydrogen) atoms. The van der Waals surface area contributed by atoms with Crippen molar-refractivity contribution >= 4 is 0 Å². The van der Waals surface area contributed by atoms with Crippen molar-refractivity contribution in [1.82, 2.24) is 0 Å². The van der Waals surface area contributed by atoms with Crippen LogP contribution in [0.2, 0.25) is 0 Å². The van der Waals surface area contributed by atoms with Crippen LogP contribution in [-0.4, -0.2) is 6.54 Å². The van der Waals surface area contributed by atoms with Crippen molar-refractivity contribution in [3.63, 3.8) is 0 Å². The van der Waals surface area contributed by atoms with Gasteiger partial charge in [0.15, 0.2) is 0 Å². The first-order chi connectivity index (χ1) is 9.55. The largest absolute Gasteiger partial charge is 0.330 e. The number of nitrogens with two attached hydrogens (primary N) is 1. The molecule has 2 aromatic carbocycles. The molecule has 2 aromatic rings. The van der Waals surface area contributed by atoms with Gasteiger partial charge in [0.25, 0.3) is 0 Å². The summed E-state index contributed by atoms with van der Waals surface area (Å²) in [6.45, 7) is 7.36. The van der Waals surface area contributed by atoms with Gasteiger partial charge in [-0.05, 0) is 29.0 Å². The maximum Gasteiger partial charge on any atom is 0.00876 e. The zero-order valence-corrected chi connectivity index (χ0v) is 12.8. The van der Waals surface area contributed by atoms with Gasteiger partial charge in [0.2, 0.25) is 0 Å². The smallest absolute Gasteiger partial charge is 0.00876 e. The molecule has 0 saturated carbocycles. The third-order valence-corrected chi connectivity index (χ3v) is 4.16. The summed E-state index contributed by atoms with van der Waals surface area (Å²) in [4.78, 5) is 0. The van der Waals surface area contributed by atoms with Gasteiger partial charge in [-0.15, -0.1) is 0 Å². The van der Waals surface area contributed by atoms with Crippen molar-refractivity contribution in [3.05, 3.63) is 71.3 Å². The molecule has 0 heterocycles. The summed E-state index contributed by atoms with van der Waals surface area (Å²) in [7, 11) is 0. The van der Waals surface area contributed by atoms with E-state index in [-0.39, 0.29) is 5.41 Å². The normalized spacial score (nSPS) is 14.2. The average molecular weight is 267 g/mol. The second-order valence-electron chi connectivity index (χ2n) is 6.20. The predicted octanol–water partition coefficient (Wildman–Crippen LogP) is 4.27. The van der Waals surface area contributed by atoms with Crippen LogP contribution in [0, 0.1) is 0 Å². The highest BCUT2D eigenvalue weighted by atomic mass is 14.6.